The summed E-state index contributed by atoms with van der Waals surface area (Å²) in [7, 11) is 4.36. The van der Waals surface area contributed by atoms with Crippen LogP contribution >= 0.6 is 24.0 Å². The van der Waals surface area contributed by atoms with Crippen LogP contribution in [0.1, 0.15) is 32.6 Å². The van der Waals surface area contributed by atoms with E-state index in [0.717, 1.165) is 38.8 Å². The zero-order valence-corrected chi connectivity index (χ0v) is 16.0. The molecule has 1 saturated carbocycles. The third kappa shape index (κ3) is 4.96. The largest absolute Gasteiger partial charge is 0.378 e. The summed E-state index contributed by atoms with van der Waals surface area (Å²) in [5.74, 6) is 1.47. The number of hydrogen-bond acceptors (Lipinski definition) is 3. The molecule has 5 nitrogen and oxygen atoms in total. The van der Waals surface area contributed by atoms with Gasteiger partial charge in [-0.3, -0.25) is 4.99 Å². The average Bonchev–Trinajstić information content (AvgIpc) is 2.45. The molecule has 2 atom stereocenters. The Morgan fingerprint density at radius 2 is 2.05 bits per heavy atom. The summed E-state index contributed by atoms with van der Waals surface area (Å²) in [5, 5.41) is 0. The highest BCUT2D eigenvalue weighted by atomic mass is 127. The van der Waals surface area contributed by atoms with Crippen molar-refractivity contribution in [2.75, 3.05) is 46.9 Å². The molecule has 21 heavy (non-hydrogen) atoms. The van der Waals surface area contributed by atoms with Gasteiger partial charge in [-0.25, -0.2) is 0 Å². The Balaban J connectivity index is 0.00000220. The number of aliphatic imine (C=N–C) groups is 1. The molecular formula is C15H31IN4O. The Morgan fingerprint density at radius 3 is 2.62 bits per heavy atom. The SMILES string of the molecule is CC1CCCC(CN=C(N)N2CCOCC2)(N(C)C)C1.I. The van der Waals surface area contributed by atoms with Gasteiger partial charge in [0.15, 0.2) is 5.96 Å². The Bertz CT molecular complexity index is 345. The van der Waals surface area contributed by atoms with Gasteiger partial charge in [-0.05, 0) is 32.9 Å². The fraction of sp³-hybridized carbons (Fsp3) is 0.933. The second-order valence-corrected chi connectivity index (χ2v) is 6.59. The molecule has 2 N–H and O–H groups in total. The highest BCUT2D eigenvalue weighted by molar-refractivity contribution is 14.0. The molecule has 0 amide bonds. The summed E-state index contributed by atoms with van der Waals surface area (Å²) in [6.07, 6.45) is 5.09. The number of ether oxygens (including phenoxy) is 1. The molecule has 124 valence electrons. The van der Waals surface area contributed by atoms with Crippen LogP contribution in [0.25, 0.3) is 0 Å². The lowest BCUT2D eigenvalue weighted by Gasteiger charge is -2.44. The van der Waals surface area contributed by atoms with Crippen molar-refractivity contribution in [1.82, 2.24) is 9.80 Å². The van der Waals surface area contributed by atoms with Gasteiger partial charge in [-0.15, -0.1) is 24.0 Å². The van der Waals surface area contributed by atoms with E-state index >= 15 is 0 Å². The summed E-state index contributed by atoms with van der Waals surface area (Å²) in [5.41, 5.74) is 6.35. The van der Waals surface area contributed by atoms with Crippen LogP contribution in [0.5, 0.6) is 0 Å². The third-order valence-corrected chi connectivity index (χ3v) is 4.89. The molecule has 1 saturated heterocycles. The van der Waals surface area contributed by atoms with Gasteiger partial charge in [0, 0.05) is 18.6 Å². The molecule has 1 heterocycles. The fourth-order valence-electron chi connectivity index (χ4n) is 3.44. The van der Waals surface area contributed by atoms with Gasteiger partial charge in [0.1, 0.15) is 0 Å². The first-order valence-electron chi connectivity index (χ1n) is 7.83. The molecule has 0 aromatic rings. The molecule has 1 aliphatic carbocycles. The zero-order valence-electron chi connectivity index (χ0n) is 13.7. The first-order chi connectivity index (χ1) is 9.53. The van der Waals surface area contributed by atoms with Gasteiger partial charge in [-0.2, -0.15) is 0 Å². The van der Waals surface area contributed by atoms with Gasteiger partial charge in [-0.1, -0.05) is 19.8 Å². The second kappa shape index (κ2) is 8.53. The molecule has 2 aliphatic rings. The van der Waals surface area contributed by atoms with Crippen molar-refractivity contribution in [3.63, 3.8) is 0 Å². The number of halogens is 1. The van der Waals surface area contributed by atoms with Crippen LogP contribution in [0.4, 0.5) is 0 Å². The molecule has 0 bridgehead atoms. The summed E-state index contributed by atoms with van der Waals surface area (Å²) in [6, 6.07) is 0. The number of hydrogen-bond donors (Lipinski definition) is 1. The van der Waals surface area contributed by atoms with Gasteiger partial charge in [0.2, 0.25) is 0 Å². The second-order valence-electron chi connectivity index (χ2n) is 6.59. The number of nitrogens with zero attached hydrogens (tertiary/aromatic N) is 3. The molecule has 1 aliphatic heterocycles. The van der Waals surface area contributed by atoms with Crippen LogP contribution in [0.15, 0.2) is 4.99 Å². The first kappa shape index (κ1) is 19.0. The molecular weight excluding hydrogens is 379 g/mol. The normalized spacial score (nSPS) is 31.1. The first-order valence-corrected chi connectivity index (χ1v) is 7.83. The smallest absolute Gasteiger partial charge is 0.191 e. The van der Waals surface area contributed by atoms with Crippen LogP contribution in [-0.4, -0.2) is 68.2 Å². The van der Waals surface area contributed by atoms with E-state index in [1.54, 1.807) is 0 Å². The van der Waals surface area contributed by atoms with Crippen molar-refractivity contribution in [2.45, 2.75) is 38.1 Å². The quantitative estimate of drug-likeness (QED) is 0.438. The third-order valence-electron chi connectivity index (χ3n) is 4.89. The Morgan fingerprint density at radius 1 is 1.38 bits per heavy atom. The van der Waals surface area contributed by atoms with Crippen LogP contribution in [-0.2, 0) is 4.74 Å². The molecule has 0 spiro atoms. The van der Waals surface area contributed by atoms with Gasteiger partial charge >= 0.3 is 0 Å². The van der Waals surface area contributed by atoms with E-state index in [0.29, 0.717) is 5.96 Å². The minimum Gasteiger partial charge on any atom is -0.378 e. The summed E-state index contributed by atoms with van der Waals surface area (Å²) in [6.45, 7) is 6.40. The van der Waals surface area contributed by atoms with Crippen LogP contribution < -0.4 is 5.73 Å². The molecule has 2 fully saturated rings. The molecule has 2 rings (SSSR count). The summed E-state index contributed by atoms with van der Waals surface area (Å²) >= 11 is 0. The lowest BCUT2D eigenvalue weighted by atomic mass is 9.75. The van der Waals surface area contributed by atoms with E-state index in [1.165, 1.54) is 25.7 Å². The number of nitrogens with two attached hydrogens (primary N) is 1. The monoisotopic (exact) mass is 410 g/mol. The van der Waals surface area contributed by atoms with Crippen molar-refractivity contribution in [3.8, 4) is 0 Å². The predicted molar refractivity (Wildman–Crippen MR) is 98.3 cm³/mol. The van der Waals surface area contributed by atoms with Gasteiger partial charge < -0.3 is 20.3 Å². The topological polar surface area (TPSA) is 54.1 Å². The maximum Gasteiger partial charge on any atom is 0.191 e. The average molecular weight is 410 g/mol. The van der Waals surface area contributed by atoms with Crippen molar-refractivity contribution >= 4 is 29.9 Å². The minimum atomic E-state index is 0. The lowest BCUT2D eigenvalue weighted by Crippen LogP contribution is -2.51. The van der Waals surface area contributed by atoms with E-state index in [-0.39, 0.29) is 29.5 Å². The summed E-state index contributed by atoms with van der Waals surface area (Å²) in [4.78, 5) is 9.22. The number of rotatable bonds is 3. The van der Waals surface area contributed by atoms with E-state index in [9.17, 15) is 0 Å². The molecule has 6 heteroatoms. The number of morpholine rings is 1. The van der Waals surface area contributed by atoms with E-state index in [1.807, 2.05) is 0 Å². The summed E-state index contributed by atoms with van der Waals surface area (Å²) < 4.78 is 5.36. The van der Waals surface area contributed by atoms with Crippen LogP contribution in [0.3, 0.4) is 0 Å². The maximum absolute atomic E-state index is 6.16. The van der Waals surface area contributed by atoms with E-state index in [4.69, 9.17) is 15.5 Å². The molecule has 0 radical (unpaired) electrons. The highest BCUT2D eigenvalue weighted by Gasteiger charge is 2.36. The van der Waals surface area contributed by atoms with E-state index in [2.05, 4.69) is 30.8 Å². The Hall–Kier alpha value is -0.0800. The van der Waals surface area contributed by atoms with Crippen molar-refractivity contribution in [2.24, 2.45) is 16.6 Å². The molecule has 2 unspecified atom stereocenters. The standard InChI is InChI=1S/C15H30N4O.HI/c1-13-5-4-6-15(11-13,18(2)3)12-17-14(16)19-7-9-20-10-8-19;/h13H,4-12H2,1-3H3,(H2,16,17);1H. The fourth-order valence-corrected chi connectivity index (χ4v) is 3.44. The Labute approximate surface area is 146 Å². The van der Waals surface area contributed by atoms with E-state index < -0.39 is 0 Å². The number of likely N-dealkylation sites (N-methyl/N-ethyl adjacent to an activating group) is 1. The van der Waals surface area contributed by atoms with Crippen molar-refractivity contribution in [3.05, 3.63) is 0 Å². The van der Waals surface area contributed by atoms with Gasteiger partial charge in [0.05, 0.1) is 19.8 Å². The molecule has 0 aromatic carbocycles. The van der Waals surface area contributed by atoms with Crippen LogP contribution in [0, 0.1) is 5.92 Å². The zero-order chi connectivity index (χ0) is 14.6. The van der Waals surface area contributed by atoms with Crippen molar-refractivity contribution < 1.29 is 4.74 Å². The van der Waals surface area contributed by atoms with Gasteiger partial charge in [0.25, 0.3) is 0 Å². The lowest BCUT2D eigenvalue weighted by molar-refractivity contribution is 0.0659. The molecule has 0 aromatic heterocycles. The Kier molecular flexibility index (Phi) is 7.70. The minimum absolute atomic E-state index is 0. The van der Waals surface area contributed by atoms with Crippen molar-refractivity contribution in [1.29, 1.82) is 0 Å². The van der Waals surface area contributed by atoms with Crippen LogP contribution in [0.2, 0.25) is 0 Å². The number of guanidine groups is 1. The highest BCUT2D eigenvalue weighted by Crippen LogP contribution is 2.35. The maximum atomic E-state index is 6.16. The predicted octanol–water partition coefficient (Wildman–Crippen LogP) is 1.76.